The summed E-state index contributed by atoms with van der Waals surface area (Å²) in [5.41, 5.74) is 2.61. The van der Waals surface area contributed by atoms with Gasteiger partial charge < -0.3 is 25.0 Å². The van der Waals surface area contributed by atoms with Crippen LogP contribution < -0.4 is 20.3 Å². The first-order valence-electron chi connectivity index (χ1n) is 11.2. The molecule has 0 bridgehead atoms. The third-order valence-corrected chi connectivity index (χ3v) is 6.61. The van der Waals surface area contributed by atoms with Crippen LogP contribution in [-0.2, 0) is 10.2 Å². The number of nitrogens with zero attached hydrogens (tertiary/aromatic N) is 2. The van der Waals surface area contributed by atoms with Crippen LogP contribution in [0.2, 0.25) is 0 Å². The molecule has 2 aliphatic heterocycles. The molecule has 2 aromatic rings. The summed E-state index contributed by atoms with van der Waals surface area (Å²) in [4.78, 5) is 6.89. The molecule has 2 aliphatic rings. The maximum absolute atomic E-state index is 5.67. The van der Waals surface area contributed by atoms with Gasteiger partial charge in [0.25, 0.3) is 0 Å². The molecule has 32 heavy (non-hydrogen) atoms. The second kappa shape index (κ2) is 11.7. The number of nitrogens with one attached hydrogen (secondary N) is 2. The first-order valence-corrected chi connectivity index (χ1v) is 11.2. The van der Waals surface area contributed by atoms with E-state index in [2.05, 4.69) is 63.0 Å². The average Bonchev–Trinajstić information content (AvgIpc) is 3.31. The summed E-state index contributed by atoms with van der Waals surface area (Å²) in [7, 11) is 3.58. The van der Waals surface area contributed by atoms with Crippen molar-refractivity contribution in [3.8, 4) is 5.75 Å². The highest BCUT2D eigenvalue weighted by Gasteiger charge is 2.35. The van der Waals surface area contributed by atoms with Crippen LogP contribution in [0.15, 0.2) is 59.6 Å². The van der Waals surface area contributed by atoms with Crippen molar-refractivity contribution in [2.24, 2.45) is 4.99 Å². The van der Waals surface area contributed by atoms with E-state index >= 15 is 0 Å². The molecular weight excluding hydrogens is 515 g/mol. The molecule has 2 aromatic carbocycles. The quantitative estimate of drug-likeness (QED) is 0.326. The number of hydrogen-bond donors (Lipinski definition) is 2. The summed E-state index contributed by atoms with van der Waals surface area (Å²) in [6.45, 7) is 4.39. The SMILES string of the molecule is CN=C(NCC1(c2ccccc2)CCOCC1)NC1CCN(c2ccccc2OC)C1.I. The van der Waals surface area contributed by atoms with Crippen molar-refractivity contribution in [3.05, 3.63) is 60.2 Å². The van der Waals surface area contributed by atoms with Crippen LogP contribution in [0.5, 0.6) is 5.75 Å². The standard InChI is InChI=1S/C25H34N4O2.HI/c1-26-24(27-19-25(13-16-31-17-14-25)20-8-4-3-5-9-20)28-21-12-15-29(18-21)22-10-6-7-11-23(22)30-2;/h3-11,21H,12-19H2,1-2H3,(H2,26,27,28);1H. The third-order valence-electron chi connectivity index (χ3n) is 6.61. The molecule has 2 saturated heterocycles. The van der Waals surface area contributed by atoms with Gasteiger partial charge in [0, 0.05) is 51.4 Å². The maximum atomic E-state index is 5.67. The highest BCUT2D eigenvalue weighted by molar-refractivity contribution is 14.0. The molecule has 2 heterocycles. The first kappa shape index (κ1) is 24.6. The first-order chi connectivity index (χ1) is 15.2. The highest BCUT2D eigenvalue weighted by atomic mass is 127. The van der Waals surface area contributed by atoms with Crippen molar-refractivity contribution in [2.45, 2.75) is 30.7 Å². The molecule has 2 N–H and O–H groups in total. The molecule has 0 saturated carbocycles. The van der Waals surface area contributed by atoms with Gasteiger partial charge >= 0.3 is 0 Å². The molecule has 6 nitrogen and oxygen atoms in total. The van der Waals surface area contributed by atoms with E-state index in [0.717, 1.165) is 69.5 Å². The largest absolute Gasteiger partial charge is 0.495 e. The van der Waals surface area contributed by atoms with Crippen molar-refractivity contribution in [1.82, 2.24) is 10.6 Å². The number of aliphatic imine (C=N–C) groups is 1. The second-order valence-electron chi connectivity index (χ2n) is 8.43. The Labute approximate surface area is 208 Å². The monoisotopic (exact) mass is 550 g/mol. The smallest absolute Gasteiger partial charge is 0.191 e. The van der Waals surface area contributed by atoms with E-state index in [9.17, 15) is 0 Å². The van der Waals surface area contributed by atoms with Crippen molar-refractivity contribution in [2.75, 3.05) is 51.9 Å². The second-order valence-corrected chi connectivity index (χ2v) is 8.43. The fraction of sp³-hybridized carbons (Fsp3) is 0.480. The number of halogens is 1. The van der Waals surface area contributed by atoms with E-state index in [-0.39, 0.29) is 29.4 Å². The van der Waals surface area contributed by atoms with Crippen molar-refractivity contribution in [1.29, 1.82) is 0 Å². The lowest BCUT2D eigenvalue weighted by atomic mass is 9.74. The minimum atomic E-state index is 0. The Morgan fingerprint density at radius 1 is 1.12 bits per heavy atom. The van der Waals surface area contributed by atoms with Crippen molar-refractivity contribution in [3.63, 3.8) is 0 Å². The Bertz CT molecular complexity index is 871. The zero-order valence-corrected chi connectivity index (χ0v) is 21.4. The molecule has 0 amide bonds. The lowest BCUT2D eigenvalue weighted by molar-refractivity contribution is 0.0513. The highest BCUT2D eigenvalue weighted by Crippen LogP contribution is 2.34. The summed E-state index contributed by atoms with van der Waals surface area (Å²) in [6, 6.07) is 19.4. The molecule has 0 radical (unpaired) electrons. The number of benzene rings is 2. The van der Waals surface area contributed by atoms with Gasteiger partial charge in [-0.25, -0.2) is 0 Å². The fourth-order valence-corrected chi connectivity index (χ4v) is 4.75. The summed E-state index contributed by atoms with van der Waals surface area (Å²) in [5, 5.41) is 7.26. The van der Waals surface area contributed by atoms with Crippen LogP contribution in [0, 0.1) is 0 Å². The third kappa shape index (κ3) is 5.67. The normalized spacial score (nSPS) is 20.4. The number of para-hydroxylation sites is 2. The van der Waals surface area contributed by atoms with E-state index < -0.39 is 0 Å². The van der Waals surface area contributed by atoms with Crippen LogP contribution in [0.25, 0.3) is 0 Å². The number of hydrogen-bond acceptors (Lipinski definition) is 4. The summed E-state index contributed by atoms with van der Waals surface area (Å²) in [6.07, 6.45) is 3.11. The van der Waals surface area contributed by atoms with Crippen LogP contribution in [0.1, 0.15) is 24.8 Å². The lowest BCUT2D eigenvalue weighted by Gasteiger charge is -2.38. The number of anilines is 1. The Balaban J connectivity index is 0.00000289. The maximum Gasteiger partial charge on any atom is 0.191 e. The van der Waals surface area contributed by atoms with Gasteiger partial charge in [-0.2, -0.15) is 0 Å². The minimum Gasteiger partial charge on any atom is -0.495 e. The van der Waals surface area contributed by atoms with Gasteiger partial charge in [0.15, 0.2) is 5.96 Å². The average molecular weight is 550 g/mol. The number of methoxy groups -OCH3 is 1. The Morgan fingerprint density at radius 2 is 1.84 bits per heavy atom. The van der Waals surface area contributed by atoms with E-state index in [1.165, 1.54) is 5.56 Å². The van der Waals surface area contributed by atoms with Gasteiger partial charge in [0.1, 0.15) is 5.75 Å². The Morgan fingerprint density at radius 3 is 2.56 bits per heavy atom. The predicted octanol–water partition coefficient (Wildman–Crippen LogP) is 3.81. The van der Waals surface area contributed by atoms with Gasteiger partial charge in [-0.15, -0.1) is 24.0 Å². The summed E-state index contributed by atoms with van der Waals surface area (Å²) in [5.74, 6) is 1.80. The number of ether oxygens (including phenoxy) is 2. The van der Waals surface area contributed by atoms with Crippen LogP contribution in [0.4, 0.5) is 5.69 Å². The molecule has 2 fully saturated rings. The number of guanidine groups is 1. The Kier molecular flexibility index (Phi) is 9.04. The van der Waals surface area contributed by atoms with E-state index in [1.54, 1.807) is 7.11 Å². The molecular formula is C25H35IN4O2. The summed E-state index contributed by atoms with van der Waals surface area (Å²) >= 11 is 0. The molecule has 1 unspecified atom stereocenters. The number of rotatable bonds is 6. The zero-order chi connectivity index (χ0) is 21.5. The van der Waals surface area contributed by atoms with Gasteiger partial charge in [-0.3, -0.25) is 4.99 Å². The van der Waals surface area contributed by atoms with Crippen LogP contribution in [-0.4, -0.2) is 59.0 Å². The van der Waals surface area contributed by atoms with Crippen LogP contribution in [0.3, 0.4) is 0 Å². The zero-order valence-electron chi connectivity index (χ0n) is 19.0. The van der Waals surface area contributed by atoms with E-state index in [0.29, 0.717) is 6.04 Å². The van der Waals surface area contributed by atoms with Crippen LogP contribution >= 0.6 is 24.0 Å². The minimum absolute atomic E-state index is 0. The topological polar surface area (TPSA) is 58.1 Å². The molecule has 1 atom stereocenters. The molecule has 4 rings (SSSR count). The van der Waals surface area contributed by atoms with E-state index in [4.69, 9.17) is 9.47 Å². The van der Waals surface area contributed by atoms with Crippen molar-refractivity contribution < 1.29 is 9.47 Å². The predicted molar refractivity (Wildman–Crippen MR) is 142 cm³/mol. The van der Waals surface area contributed by atoms with Crippen molar-refractivity contribution >= 4 is 35.6 Å². The summed E-state index contributed by atoms with van der Waals surface area (Å²) < 4.78 is 11.2. The molecule has 174 valence electrons. The molecule has 0 spiro atoms. The van der Waals surface area contributed by atoms with Gasteiger partial charge in [-0.1, -0.05) is 42.5 Å². The molecule has 0 aliphatic carbocycles. The Hall–Kier alpha value is -2.00. The van der Waals surface area contributed by atoms with Gasteiger partial charge in [-0.05, 0) is 37.0 Å². The molecule has 7 heteroatoms. The van der Waals surface area contributed by atoms with Gasteiger partial charge in [0.2, 0.25) is 0 Å². The van der Waals surface area contributed by atoms with Gasteiger partial charge in [0.05, 0.1) is 12.8 Å². The fourth-order valence-electron chi connectivity index (χ4n) is 4.75. The lowest BCUT2D eigenvalue weighted by Crippen LogP contribution is -2.50. The molecule has 0 aromatic heterocycles. The van der Waals surface area contributed by atoms with E-state index in [1.807, 2.05) is 19.2 Å².